The van der Waals surface area contributed by atoms with Gasteiger partial charge in [0.25, 0.3) is 6.47 Å². The number of benzene rings is 2. The molecule has 142 valence electrons. The number of ether oxygens (including phenoxy) is 1. The Bertz CT molecular complexity index is 1130. The molecule has 7 heteroatoms. The molecule has 0 aliphatic rings. The van der Waals surface area contributed by atoms with E-state index in [-0.39, 0.29) is 12.0 Å². The Balaban J connectivity index is 0.000000706. The second kappa shape index (κ2) is 8.68. The molecule has 0 unspecified atom stereocenters. The maximum Gasteiger partial charge on any atom is 0.290 e. The maximum atomic E-state index is 11.4. The van der Waals surface area contributed by atoms with Crippen LogP contribution in [-0.4, -0.2) is 26.3 Å². The number of rotatable bonds is 4. The van der Waals surface area contributed by atoms with E-state index in [1.54, 1.807) is 17.1 Å². The van der Waals surface area contributed by atoms with Gasteiger partial charge >= 0.3 is 0 Å². The summed E-state index contributed by atoms with van der Waals surface area (Å²) < 4.78 is 7.73. The van der Waals surface area contributed by atoms with Crippen molar-refractivity contribution >= 4 is 17.2 Å². The van der Waals surface area contributed by atoms with Crippen molar-refractivity contribution in [3.63, 3.8) is 0 Å². The van der Waals surface area contributed by atoms with Crippen LogP contribution in [0.25, 0.3) is 21.9 Å². The Hall–Kier alpha value is -3.87. The summed E-state index contributed by atoms with van der Waals surface area (Å²) in [4.78, 5) is 22.5. The monoisotopic (exact) mass is 377 g/mol. The molecule has 0 aliphatic heterocycles. The van der Waals surface area contributed by atoms with Crippen LogP contribution in [0.3, 0.4) is 0 Å². The Labute approximate surface area is 160 Å². The molecule has 0 aliphatic carbocycles. The van der Waals surface area contributed by atoms with Gasteiger partial charge < -0.3 is 14.8 Å². The smallest absolute Gasteiger partial charge is 0.290 e. The summed E-state index contributed by atoms with van der Waals surface area (Å²) in [6.07, 6.45) is 5.46. The zero-order chi connectivity index (χ0) is 19.9. The number of nitrogens with zero attached hydrogens (tertiary/aromatic N) is 2. The number of aryl methyl sites for hydroxylation is 1. The van der Waals surface area contributed by atoms with Crippen molar-refractivity contribution in [2.75, 3.05) is 0 Å². The van der Waals surface area contributed by atoms with Gasteiger partial charge in [0, 0.05) is 31.1 Å². The molecule has 0 spiro atoms. The van der Waals surface area contributed by atoms with Crippen molar-refractivity contribution < 1.29 is 14.6 Å². The highest BCUT2D eigenvalue weighted by molar-refractivity contribution is 5.97. The number of carboxylic acid groups (broad SMARTS) is 1. The number of pyridine rings is 1. The third kappa shape index (κ3) is 4.45. The lowest BCUT2D eigenvalue weighted by atomic mass is 9.99. The van der Waals surface area contributed by atoms with Crippen LogP contribution in [0.1, 0.15) is 5.56 Å². The van der Waals surface area contributed by atoms with Gasteiger partial charge in [-0.25, -0.2) is 0 Å². The Morgan fingerprint density at radius 1 is 1.21 bits per heavy atom. The van der Waals surface area contributed by atoms with Crippen LogP contribution in [0, 0.1) is 0 Å². The first-order valence-electron chi connectivity index (χ1n) is 8.51. The molecule has 0 saturated carbocycles. The molecule has 2 N–H and O–H groups in total. The lowest BCUT2D eigenvalue weighted by molar-refractivity contribution is -0.122. The third-order valence-electron chi connectivity index (χ3n) is 4.09. The molecule has 7 nitrogen and oxygen atoms in total. The molecule has 2 aromatic heterocycles. The van der Waals surface area contributed by atoms with E-state index in [0.29, 0.717) is 6.61 Å². The third-order valence-corrected chi connectivity index (χ3v) is 4.09. The lowest BCUT2D eigenvalue weighted by Crippen LogP contribution is -2.01. The number of carbonyl (C=O) groups is 1. The predicted octanol–water partition coefficient (Wildman–Crippen LogP) is 3.21. The number of nitrogens with one attached hydrogen (secondary N) is 1. The number of fused-ring (bicyclic) bond motifs is 1. The van der Waals surface area contributed by atoms with Crippen LogP contribution in [0.5, 0.6) is 5.75 Å². The van der Waals surface area contributed by atoms with Crippen molar-refractivity contribution in [2.45, 2.75) is 6.61 Å². The Kier molecular flexibility index (Phi) is 5.86. The highest BCUT2D eigenvalue weighted by Gasteiger charge is 2.08. The second-order valence-electron chi connectivity index (χ2n) is 6.05. The van der Waals surface area contributed by atoms with E-state index in [1.807, 2.05) is 43.6 Å². The number of aromatic nitrogens is 3. The molecule has 4 aromatic rings. The molecule has 2 heterocycles. The van der Waals surface area contributed by atoms with E-state index in [1.165, 1.54) is 6.07 Å². The summed E-state index contributed by atoms with van der Waals surface area (Å²) in [5.74, 6) is 0.781. The van der Waals surface area contributed by atoms with E-state index in [4.69, 9.17) is 14.6 Å². The zero-order valence-corrected chi connectivity index (χ0v) is 15.2. The highest BCUT2D eigenvalue weighted by Crippen LogP contribution is 2.32. The zero-order valence-electron chi connectivity index (χ0n) is 15.2. The van der Waals surface area contributed by atoms with Crippen molar-refractivity contribution in [2.24, 2.45) is 7.05 Å². The van der Waals surface area contributed by atoms with E-state index in [2.05, 4.69) is 22.2 Å². The second-order valence-corrected chi connectivity index (χ2v) is 6.05. The molecular formula is C21H19N3O4. The number of hydrogen-bond donors (Lipinski definition) is 2. The molecule has 0 amide bonds. The van der Waals surface area contributed by atoms with E-state index in [0.717, 1.165) is 33.2 Å². The van der Waals surface area contributed by atoms with Gasteiger partial charge in [-0.15, -0.1) is 0 Å². The quantitative estimate of drug-likeness (QED) is 0.532. The van der Waals surface area contributed by atoms with Gasteiger partial charge in [0.1, 0.15) is 12.4 Å². The van der Waals surface area contributed by atoms with Gasteiger partial charge in [0.05, 0.1) is 6.20 Å². The SMILES string of the molecule is Cn1cc(COc2cc(-c3ccc(=O)[nH]c3)c3ccccc3c2)cn1.O=CO. The van der Waals surface area contributed by atoms with Crippen LogP contribution < -0.4 is 10.3 Å². The molecule has 0 radical (unpaired) electrons. The number of aromatic amines is 1. The topological polar surface area (TPSA) is 97.2 Å². The lowest BCUT2D eigenvalue weighted by Gasteiger charge is -2.11. The van der Waals surface area contributed by atoms with E-state index >= 15 is 0 Å². The molecule has 0 saturated heterocycles. The first-order valence-corrected chi connectivity index (χ1v) is 8.51. The maximum absolute atomic E-state index is 11.4. The largest absolute Gasteiger partial charge is 0.489 e. The normalized spacial score (nSPS) is 10.2. The Morgan fingerprint density at radius 2 is 2.00 bits per heavy atom. The number of H-pyrrole nitrogens is 1. The summed E-state index contributed by atoms with van der Waals surface area (Å²) in [6, 6.07) is 15.5. The van der Waals surface area contributed by atoms with Crippen LogP contribution in [0.15, 0.2) is 71.9 Å². The summed E-state index contributed by atoms with van der Waals surface area (Å²) in [5.41, 5.74) is 2.87. The van der Waals surface area contributed by atoms with Gasteiger partial charge in [-0.2, -0.15) is 5.10 Å². The summed E-state index contributed by atoms with van der Waals surface area (Å²) in [6.45, 7) is 0.206. The molecule has 4 rings (SSSR count). The fourth-order valence-electron chi connectivity index (χ4n) is 2.90. The molecule has 0 atom stereocenters. The van der Waals surface area contributed by atoms with Gasteiger partial charge in [-0.3, -0.25) is 14.3 Å². The first-order chi connectivity index (χ1) is 13.6. The van der Waals surface area contributed by atoms with Crippen LogP contribution in [0.4, 0.5) is 0 Å². The van der Waals surface area contributed by atoms with E-state index in [9.17, 15) is 4.79 Å². The molecule has 2 aromatic carbocycles. The predicted molar refractivity (Wildman–Crippen MR) is 106 cm³/mol. The van der Waals surface area contributed by atoms with Crippen LogP contribution in [0.2, 0.25) is 0 Å². The standard InChI is InChI=1S/C20H17N3O2.CH2O2/c1-23-12-14(10-22-23)13-25-17-8-15-4-2-3-5-18(15)19(9-17)16-6-7-20(24)21-11-16;2-1-3/h2-12H,13H2,1H3,(H,21,24);1H,(H,2,3). The average Bonchev–Trinajstić information content (AvgIpc) is 3.12. The fraction of sp³-hybridized carbons (Fsp3) is 0.0952. The van der Waals surface area contributed by atoms with Crippen LogP contribution >= 0.6 is 0 Å². The fourth-order valence-corrected chi connectivity index (χ4v) is 2.90. The van der Waals surface area contributed by atoms with Crippen LogP contribution in [-0.2, 0) is 18.4 Å². The van der Waals surface area contributed by atoms with Gasteiger partial charge in [-0.05, 0) is 40.1 Å². The summed E-state index contributed by atoms with van der Waals surface area (Å²) in [5, 5.41) is 13.2. The Morgan fingerprint density at radius 3 is 2.68 bits per heavy atom. The van der Waals surface area contributed by atoms with Gasteiger partial charge in [0.2, 0.25) is 5.56 Å². The van der Waals surface area contributed by atoms with E-state index < -0.39 is 0 Å². The van der Waals surface area contributed by atoms with Crippen molar-refractivity contribution in [1.82, 2.24) is 14.8 Å². The highest BCUT2D eigenvalue weighted by atomic mass is 16.5. The van der Waals surface area contributed by atoms with Crippen molar-refractivity contribution in [3.8, 4) is 16.9 Å². The first kappa shape index (κ1) is 18.9. The minimum absolute atomic E-state index is 0.114. The summed E-state index contributed by atoms with van der Waals surface area (Å²) >= 11 is 0. The average molecular weight is 377 g/mol. The molecule has 0 bridgehead atoms. The minimum Gasteiger partial charge on any atom is -0.489 e. The van der Waals surface area contributed by atoms with Crippen molar-refractivity contribution in [1.29, 1.82) is 0 Å². The molecule has 0 fully saturated rings. The number of hydrogen-bond acceptors (Lipinski definition) is 4. The minimum atomic E-state index is -0.250. The molecule has 28 heavy (non-hydrogen) atoms. The van der Waals surface area contributed by atoms with Crippen molar-refractivity contribution in [3.05, 3.63) is 83.0 Å². The molecular weight excluding hydrogens is 358 g/mol. The van der Waals surface area contributed by atoms with Gasteiger partial charge in [0.15, 0.2) is 0 Å². The van der Waals surface area contributed by atoms with Gasteiger partial charge in [-0.1, -0.05) is 24.3 Å². The summed E-state index contributed by atoms with van der Waals surface area (Å²) in [7, 11) is 1.88.